The van der Waals surface area contributed by atoms with Gasteiger partial charge in [-0.05, 0) is 6.07 Å². The number of aromatic carboxylic acids is 1. The summed E-state index contributed by atoms with van der Waals surface area (Å²) in [6.07, 6.45) is -4.33. The molecule has 1 aromatic heterocycles. The molecule has 0 fully saturated rings. The molecule has 0 aliphatic heterocycles. The van der Waals surface area contributed by atoms with Crippen LogP contribution in [-0.4, -0.2) is 28.8 Å². The molecule has 16 heavy (non-hydrogen) atoms. The molecule has 0 saturated heterocycles. The lowest BCUT2D eigenvalue weighted by Gasteiger charge is -2.07. The first-order valence-electron chi connectivity index (χ1n) is 4.27. The highest BCUT2D eigenvalue weighted by atomic mass is 19.4. The van der Waals surface area contributed by atoms with Crippen molar-refractivity contribution in [3.63, 3.8) is 0 Å². The summed E-state index contributed by atoms with van der Waals surface area (Å²) in [5.74, 6) is -1.19. The average molecular weight is 235 g/mol. The summed E-state index contributed by atoms with van der Waals surface area (Å²) in [6.45, 7) is -0.539. The summed E-state index contributed by atoms with van der Waals surface area (Å²) in [6, 6.07) is 2.41. The quantitative estimate of drug-likeness (QED) is 0.868. The summed E-state index contributed by atoms with van der Waals surface area (Å²) in [7, 11) is 0. The number of carboxylic acids is 1. The Morgan fingerprint density at radius 3 is 2.56 bits per heavy atom. The van der Waals surface area contributed by atoms with Crippen LogP contribution in [0.3, 0.4) is 0 Å². The Labute approximate surface area is 88.7 Å². The lowest BCUT2D eigenvalue weighted by molar-refractivity contribution is -0.139. The molecule has 0 aliphatic carbocycles. The van der Waals surface area contributed by atoms with Crippen LogP contribution < -0.4 is 4.74 Å². The van der Waals surface area contributed by atoms with Gasteiger partial charge in [-0.3, -0.25) is 0 Å². The van der Waals surface area contributed by atoms with Gasteiger partial charge in [0.05, 0.1) is 18.6 Å². The highest BCUT2D eigenvalue weighted by molar-refractivity contribution is 5.87. The first kappa shape index (κ1) is 12.3. The van der Waals surface area contributed by atoms with Crippen LogP contribution >= 0.6 is 0 Å². The maximum absolute atomic E-state index is 11.8. The topological polar surface area (TPSA) is 59.4 Å². The summed E-state index contributed by atoms with van der Waals surface area (Å²) in [5.41, 5.74) is -0.0526. The molecule has 0 radical (unpaired) electrons. The molecule has 0 amide bonds. The smallest absolute Gasteiger partial charge is 0.392 e. The second-order valence-electron chi connectivity index (χ2n) is 2.90. The van der Waals surface area contributed by atoms with E-state index in [0.29, 0.717) is 0 Å². The van der Waals surface area contributed by atoms with Crippen LogP contribution in [0.15, 0.2) is 18.3 Å². The van der Waals surface area contributed by atoms with E-state index in [2.05, 4.69) is 4.98 Å². The molecule has 0 bridgehead atoms. The van der Waals surface area contributed by atoms with E-state index in [9.17, 15) is 18.0 Å². The van der Waals surface area contributed by atoms with Gasteiger partial charge in [-0.15, -0.1) is 0 Å². The summed E-state index contributed by atoms with van der Waals surface area (Å²) < 4.78 is 39.9. The molecule has 1 heterocycles. The Hall–Kier alpha value is -1.79. The zero-order valence-corrected chi connectivity index (χ0v) is 7.99. The number of ether oxygens (including phenoxy) is 1. The minimum absolute atomic E-state index is 0.0331. The van der Waals surface area contributed by atoms with E-state index in [0.717, 1.165) is 6.20 Å². The van der Waals surface area contributed by atoms with Crippen molar-refractivity contribution in [1.82, 2.24) is 4.98 Å². The number of hydrogen-bond donors (Lipinski definition) is 1. The van der Waals surface area contributed by atoms with Crippen molar-refractivity contribution in [3.05, 3.63) is 23.9 Å². The van der Waals surface area contributed by atoms with Crippen molar-refractivity contribution in [2.45, 2.75) is 12.6 Å². The highest BCUT2D eigenvalue weighted by Gasteiger charge is 2.26. The van der Waals surface area contributed by atoms with Gasteiger partial charge in [0.1, 0.15) is 0 Å². The Balaban J connectivity index is 2.47. The minimum atomic E-state index is -4.28. The number of rotatable bonds is 4. The second-order valence-corrected chi connectivity index (χ2v) is 2.90. The lowest BCUT2D eigenvalue weighted by Crippen LogP contribution is -2.13. The van der Waals surface area contributed by atoms with Crippen molar-refractivity contribution in [2.75, 3.05) is 6.61 Å². The van der Waals surface area contributed by atoms with Gasteiger partial charge in [0.25, 0.3) is 0 Å². The van der Waals surface area contributed by atoms with Crippen LogP contribution in [-0.2, 0) is 0 Å². The summed E-state index contributed by atoms with van der Waals surface area (Å²) in [5, 5.41) is 8.53. The van der Waals surface area contributed by atoms with Gasteiger partial charge in [-0.1, -0.05) is 0 Å². The fourth-order valence-electron chi connectivity index (χ4n) is 0.864. The Bertz CT molecular complexity index is 361. The zero-order chi connectivity index (χ0) is 12.2. The van der Waals surface area contributed by atoms with Crippen LogP contribution in [0, 0.1) is 0 Å². The summed E-state index contributed by atoms with van der Waals surface area (Å²) in [4.78, 5) is 14.0. The molecule has 1 N–H and O–H groups in total. The van der Waals surface area contributed by atoms with Crippen molar-refractivity contribution >= 4 is 5.97 Å². The Kier molecular flexibility index (Phi) is 3.70. The second kappa shape index (κ2) is 4.82. The van der Waals surface area contributed by atoms with Crippen LogP contribution in [0.5, 0.6) is 5.88 Å². The standard InChI is InChI=1S/C9H8F3NO3/c10-9(11,12)3-4-16-7-2-1-6(5-13-7)8(14)15/h1-2,5H,3-4H2,(H,14,15). The fraction of sp³-hybridized carbons (Fsp3) is 0.333. The zero-order valence-electron chi connectivity index (χ0n) is 7.99. The number of hydrogen-bond acceptors (Lipinski definition) is 3. The van der Waals surface area contributed by atoms with Gasteiger partial charge < -0.3 is 9.84 Å². The third kappa shape index (κ3) is 4.16. The van der Waals surface area contributed by atoms with Gasteiger partial charge in [-0.2, -0.15) is 13.2 Å². The molecule has 4 nitrogen and oxygen atoms in total. The van der Waals surface area contributed by atoms with E-state index >= 15 is 0 Å². The highest BCUT2D eigenvalue weighted by Crippen LogP contribution is 2.19. The van der Waals surface area contributed by atoms with Crippen molar-refractivity contribution in [1.29, 1.82) is 0 Å². The van der Waals surface area contributed by atoms with E-state index < -0.39 is 25.2 Å². The monoisotopic (exact) mass is 235 g/mol. The van der Waals surface area contributed by atoms with Crippen LogP contribution in [0.4, 0.5) is 13.2 Å². The fourth-order valence-corrected chi connectivity index (χ4v) is 0.864. The molecule has 1 rings (SSSR count). The molecule has 0 aromatic carbocycles. The van der Waals surface area contributed by atoms with Gasteiger partial charge in [0.15, 0.2) is 0 Å². The molecule has 0 spiro atoms. The molecule has 88 valence electrons. The third-order valence-electron chi connectivity index (χ3n) is 1.62. The molecule has 0 unspecified atom stereocenters. The number of pyridine rings is 1. The van der Waals surface area contributed by atoms with Crippen molar-refractivity contribution in [3.8, 4) is 5.88 Å². The van der Waals surface area contributed by atoms with Gasteiger partial charge >= 0.3 is 12.1 Å². The van der Waals surface area contributed by atoms with E-state index in [4.69, 9.17) is 9.84 Å². The average Bonchev–Trinajstić information content (AvgIpc) is 2.16. The maximum atomic E-state index is 11.8. The Morgan fingerprint density at radius 1 is 1.44 bits per heavy atom. The van der Waals surface area contributed by atoms with E-state index in [-0.39, 0.29) is 11.4 Å². The SMILES string of the molecule is O=C(O)c1ccc(OCCC(F)(F)F)nc1. The predicted molar refractivity (Wildman–Crippen MR) is 47.4 cm³/mol. The normalized spacial score (nSPS) is 11.2. The lowest BCUT2D eigenvalue weighted by atomic mass is 10.3. The minimum Gasteiger partial charge on any atom is -0.478 e. The number of alkyl halides is 3. The Morgan fingerprint density at radius 2 is 2.12 bits per heavy atom. The van der Waals surface area contributed by atoms with E-state index in [1.165, 1.54) is 12.1 Å². The van der Waals surface area contributed by atoms with Crippen LogP contribution in [0.1, 0.15) is 16.8 Å². The number of carboxylic acid groups (broad SMARTS) is 1. The van der Waals surface area contributed by atoms with Gasteiger partial charge in [0.2, 0.25) is 5.88 Å². The first-order valence-corrected chi connectivity index (χ1v) is 4.27. The first-order chi connectivity index (χ1) is 7.38. The summed E-state index contributed by atoms with van der Waals surface area (Å²) >= 11 is 0. The van der Waals surface area contributed by atoms with Gasteiger partial charge in [0, 0.05) is 12.3 Å². The molecule has 0 atom stereocenters. The molecule has 0 aliphatic rings. The van der Waals surface area contributed by atoms with Crippen LogP contribution in [0.25, 0.3) is 0 Å². The molecular weight excluding hydrogens is 227 g/mol. The van der Waals surface area contributed by atoms with Crippen molar-refractivity contribution < 1.29 is 27.8 Å². The molecule has 7 heteroatoms. The number of nitrogens with zero attached hydrogens (tertiary/aromatic N) is 1. The number of aromatic nitrogens is 1. The van der Waals surface area contributed by atoms with E-state index in [1.54, 1.807) is 0 Å². The van der Waals surface area contributed by atoms with Crippen LogP contribution in [0.2, 0.25) is 0 Å². The maximum Gasteiger partial charge on any atom is 0.392 e. The van der Waals surface area contributed by atoms with E-state index in [1.807, 2.05) is 0 Å². The van der Waals surface area contributed by atoms with Gasteiger partial charge in [-0.25, -0.2) is 9.78 Å². The largest absolute Gasteiger partial charge is 0.478 e. The molecule has 0 saturated carbocycles. The number of halogens is 3. The number of carbonyl (C=O) groups is 1. The molecular formula is C9H8F3NO3. The predicted octanol–water partition coefficient (Wildman–Crippen LogP) is 2.11. The molecule has 1 aromatic rings. The van der Waals surface area contributed by atoms with Crippen molar-refractivity contribution in [2.24, 2.45) is 0 Å². The third-order valence-corrected chi connectivity index (χ3v) is 1.62.